The van der Waals surface area contributed by atoms with E-state index in [1.165, 1.54) is 36.3 Å². The number of nitrogens with zero attached hydrogens (tertiary/aromatic N) is 2. The number of anilines is 2. The molecule has 3 aromatic rings. The number of halogens is 1. The van der Waals surface area contributed by atoms with E-state index in [0.29, 0.717) is 34.4 Å². The number of rotatable bonds is 9. The summed E-state index contributed by atoms with van der Waals surface area (Å²) in [5, 5.41) is 3.29. The van der Waals surface area contributed by atoms with Crippen molar-refractivity contribution in [2.75, 3.05) is 30.5 Å². The maximum Gasteiger partial charge on any atom is 0.262 e. The third-order valence-electron chi connectivity index (χ3n) is 5.52. The molecule has 1 aromatic heterocycles. The van der Waals surface area contributed by atoms with Crippen molar-refractivity contribution < 1.29 is 23.5 Å². The topological polar surface area (TPSA) is 80.8 Å². The lowest BCUT2D eigenvalue weighted by atomic mass is 10.0. The van der Waals surface area contributed by atoms with E-state index in [1.54, 1.807) is 40.5 Å². The fourth-order valence-electron chi connectivity index (χ4n) is 3.78. The summed E-state index contributed by atoms with van der Waals surface area (Å²) in [5.74, 6) is -0.390. The highest BCUT2D eigenvalue weighted by molar-refractivity contribution is 7.16. The molecule has 2 amide bonds. The Morgan fingerprint density at radius 2 is 1.94 bits per heavy atom. The van der Waals surface area contributed by atoms with Gasteiger partial charge in [0.1, 0.15) is 5.82 Å². The smallest absolute Gasteiger partial charge is 0.262 e. The van der Waals surface area contributed by atoms with Crippen molar-refractivity contribution in [3.63, 3.8) is 0 Å². The second-order valence-electron chi connectivity index (χ2n) is 7.99. The first-order valence-corrected chi connectivity index (χ1v) is 12.1. The van der Waals surface area contributed by atoms with Crippen molar-refractivity contribution in [2.24, 2.45) is 0 Å². The van der Waals surface area contributed by atoms with E-state index >= 15 is 0 Å². The zero-order valence-corrected chi connectivity index (χ0v) is 20.2. The highest BCUT2D eigenvalue weighted by Crippen LogP contribution is 2.34. The van der Waals surface area contributed by atoms with E-state index in [2.05, 4.69) is 11.9 Å². The summed E-state index contributed by atoms with van der Waals surface area (Å²) in [5.41, 5.74) is 1.94. The van der Waals surface area contributed by atoms with Gasteiger partial charge in [-0.3, -0.25) is 14.5 Å². The highest BCUT2D eigenvalue weighted by atomic mass is 32.1. The molecule has 35 heavy (non-hydrogen) atoms. The molecule has 0 saturated carbocycles. The fraction of sp³-hybridized carbons (Fsp3) is 0.269. The number of nitrogens with one attached hydrogen (secondary N) is 1. The summed E-state index contributed by atoms with van der Waals surface area (Å²) in [6, 6.07) is 10.2. The van der Waals surface area contributed by atoms with Crippen LogP contribution >= 0.6 is 11.3 Å². The van der Waals surface area contributed by atoms with Gasteiger partial charge in [0.25, 0.3) is 11.8 Å². The number of benzene rings is 2. The van der Waals surface area contributed by atoms with Gasteiger partial charge in [0.15, 0.2) is 23.2 Å². The van der Waals surface area contributed by atoms with Crippen LogP contribution in [0.2, 0.25) is 0 Å². The largest absolute Gasteiger partial charge is 0.493 e. The fourth-order valence-corrected chi connectivity index (χ4v) is 4.94. The van der Waals surface area contributed by atoms with Crippen LogP contribution in [0, 0.1) is 5.82 Å². The van der Waals surface area contributed by atoms with Crippen LogP contribution in [0.15, 0.2) is 55.1 Å². The minimum absolute atomic E-state index is 0.227. The third kappa shape index (κ3) is 5.86. The zero-order chi connectivity index (χ0) is 24.8. The van der Waals surface area contributed by atoms with Crippen molar-refractivity contribution in [2.45, 2.75) is 25.7 Å². The molecule has 0 saturated heterocycles. The zero-order valence-electron chi connectivity index (χ0n) is 19.4. The Morgan fingerprint density at radius 1 is 1.17 bits per heavy atom. The highest BCUT2D eigenvalue weighted by Gasteiger charge is 2.24. The van der Waals surface area contributed by atoms with Gasteiger partial charge in [-0.1, -0.05) is 6.08 Å². The summed E-state index contributed by atoms with van der Waals surface area (Å²) in [4.78, 5) is 33.2. The Labute approximate surface area is 207 Å². The van der Waals surface area contributed by atoms with Crippen LogP contribution in [0.1, 0.15) is 33.8 Å². The molecule has 0 spiro atoms. The average molecular weight is 496 g/mol. The molecule has 4 rings (SSSR count). The van der Waals surface area contributed by atoms with E-state index in [4.69, 9.17) is 14.5 Å². The van der Waals surface area contributed by atoms with Crippen molar-refractivity contribution in [3.8, 4) is 11.5 Å². The molecular weight excluding hydrogens is 469 g/mol. The predicted molar refractivity (Wildman–Crippen MR) is 134 cm³/mol. The lowest BCUT2D eigenvalue weighted by Gasteiger charge is -2.19. The summed E-state index contributed by atoms with van der Waals surface area (Å²) in [6.07, 6.45) is 5.87. The number of methoxy groups -OCH3 is 1. The number of aryl methyl sites for hydroxylation is 2. The standard InChI is InChI=1S/C26H26FN3O4S/c1-3-14-30(26-29-20-6-4-5-7-23(20)35-26)25(32)17-8-13-21(22(15-17)33-2)34-16-24(31)28-19-11-9-18(27)10-12-19/h3,8-13,15H,1,4-7,14,16H2,2H3,(H,28,31). The minimum atomic E-state index is -0.413. The van der Waals surface area contributed by atoms with Gasteiger partial charge in [-0.15, -0.1) is 17.9 Å². The number of ether oxygens (including phenoxy) is 2. The Hall–Kier alpha value is -3.72. The van der Waals surface area contributed by atoms with E-state index in [9.17, 15) is 14.0 Å². The van der Waals surface area contributed by atoms with Crippen LogP contribution in [-0.2, 0) is 17.6 Å². The molecule has 0 radical (unpaired) electrons. The molecule has 1 heterocycles. The number of aromatic nitrogens is 1. The first-order valence-electron chi connectivity index (χ1n) is 11.3. The summed E-state index contributed by atoms with van der Waals surface area (Å²) in [6.45, 7) is 3.83. The van der Waals surface area contributed by atoms with Crippen LogP contribution in [0.4, 0.5) is 15.2 Å². The van der Waals surface area contributed by atoms with E-state index < -0.39 is 5.91 Å². The molecule has 1 aliphatic carbocycles. The third-order valence-corrected chi connectivity index (χ3v) is 6.70. The van der Waals surface area contributed by atoms with Crippen molar-refractivity contribution >= 4 is 34.0 Å². The van der Waals surface area contributed by atoms with E-state index in [0.717, 1.165) is 31.4 Å². The lowest BCUT2D eigenvalue weighted by Crippen LogP contribution is -2.31. The van der Waals surface area contributed by atoms with Crippen LogP contribution in [0.3, 0.4) is 0 Å². The maximum atomic E-state index is 13.4. The molecule has 1 N–H and O–H groups in total. The number of carbonyl (C=O) groups excluding carboxylic acids is 2. The Morgan fingerprint density at radius 3 is 2.66 bits per heavy atom. The Balaban J connectivity index is 1.46. The molecule has 2 aromatic carbocycles. The van der Waals surface area contributed by atoms with E-state index in [1.807, 2.05) is 0 Å². The van der Waals surface area contributed by atoms with Crippen molar-refractivity contribution in [3.05, 3.63) is 77.1 Å². The molecule has 7 nitrogen and oxygen atoms in total. The molecule has 0 fully saturated rings. The van der Waals surface area contributed by atoms with Crippen LogP contribution in [0.5, 0.6) is 11.5 Å². The number of thiazole rings is 1. The van der Waals surface area contributed by atoms with Gasteiger partial charge in [-0.25, -0.2) is 9.37 Å². The maximum absolute atomic E-state index is 13.4. The number of fused-ring (bicyclic) bond motifs is 1. The monoisotopic (exact) mass is 495 g/mol. The minimum Gasteiger partial charge on any atom is -0.493 e. The summed E-state index contributed by atoms with van der Waals surface area (Å²) < 4.78 is 24.0. The predicted octanol–water partition coefficient (Wildman–Crippen LogP) is 5.02. The number of hydrogen-bond acceptors (Lipinski definition) is 6. The number of hydrogen-bond donors (Lipinski definition) is 1. The van der Waals surface area contributed by atoms with Crippen molar-refractivity contribution in [1.82, 2.24) is 4.98 Å². The quantitative estimate of drug-likeness (QED) is 0.422. The number of carbonyl (C=O) groups is 2. The van der Waals surface area contributed by atoms with Gasteiger partial charge in [0.05, 0.1) is 12.8 Å². The Kier molecular flexibility index (Phi) is 7.77. The molecule has 182 valence electrons. The van der Waals surface area contributed by atoms with Gasteiger partial charge < -0.3 is 14.8 Å². The Bertz CT molecular complexity index is 1200. The van der Waals surface area contributed by atoms with E-state index in [-0.39, 0.29) is 18.3 Å². The van der Waals surface area contributed by atoms with Gasteiger partial charge in [-0.05, 0) is 68.1 Å². The average Bonchev–Trinajstić information content (AvgIpc) is 3.31. The van der Waals surface area contributed by atoms with Crippen molar-refractivity contribution in [1.29, 1.82) is 0 Å². The van der Waals surface area contributed by atoms with Crippen LogP contribution in [0.25, 0.3) is 0 Å². The molecule has 0 atom stereocenters. The molecule has 0 aliphatic heterocycles. The van der Waals surface area contributed by atoms with Gasteiger partial charge in [0, 0.05) is 22.7 Å². The summed E-state index contributed by atoms with van der Waals surface area (Å²) >= 11 is 1.56. The number of amides is 2. The molecular formula is C26H26FN3O4S. The first kappa shape index (κ1) is 24.4. The molecule has 9 heteroatoms. The molecule has 1 aliphatic rings. The van der Waals surface area contributed by atoms with Gasteiger partial charge in [-0.2, -0.15) is 0 Å². The second-order valence-corrected chi connectivity index (χ2v) is 9.05. The summed E-state index contributed by atoms with van der Waals surface area (Å²) in [7, 11) is 1.46. The normalized spacial score (nSPS) is 12.4. The molecule has 0 bridgehead atoms. The van der Waals surface area contributed by atoms with Gasteiger partial charge >= 0.3 is 0 Å². The lowest BCUT2D eigenvalue weighted by molar-refractivity contribution is -0.118. The van der Waals surface area contributed by atoms with Crippen LogP contribution in [-0.4, -0.2) is 37.1 Å². The SMILES string of the molecule is C=CCN(C(=O)c1ccc(OCC(=O)Nc2ccc(F)cc2)c(OC)c1)c1nc2c(s1)CCCC2. The van der Waals surface area contributed by atoms with Crippen LogP contribution < -0.4 is 19.7 Å². The molecule has 0 unspecified atom stereocenters. The van der Waals surface area contributed by atoms with Gasteiger partial charge in [0.2, 0.25) is 0 Å². The second kappa shape index (κ2) is 11.1. The first-order chi connectivity index (χ1) is 17.0.